The van der Waals surface area contributed by atoms with Gasteiger partial charge in [-0.1, -0.05) is 54.2 Å². The molecule has 1 amide bonds. The summed E-state index contributed by atoms with van der Waals surface area (Å²) in [5.74, 6) is 1.03. The highest BCUT2D eigenvalue weighted by atomic mass is 32.2. The van der Waals surface area contributed by atoms with Gasteiger partial charge in [-0.05, 0) is 55.3 Å². The number of carbonyl (C=O) groups is 1. The van der Waals surface area contributed by atoms with Crippen LogP contribution in [-0.2, 0) is 17.8 Å². The zero-order valence-corrected chi connectivity index (χ0v) is 18.3. The predicted octanol–water partition coefficient (Wildman–Crippen LogP) is 5.41. The number of fused-ring (bicyclic) bond motifs is 1. The van der Waals surface area contributed by atoms with Crippen molar-refractivity contribution >= 4 is 34.4 Å². The van der Waals surface area contributed by atoms with Gasteiger partial charge in [-0.15, -0.1) is 0 Å². The Hall–Kier alpha value is -3.25. The second-order valence-corrected chi connectivity index (χ2v) is 8.01. The number of carbonyl (C=O) groups excluding carboxylic acids is 1. The van der Waals surface area contributed by atoms with Crippen molar-refractivity contribution in [2.75, 3.05) is 17.7 Å². The zero-order valence-electron chi connectivity index (χ0n) is 17.5. The Morgan fingerprint density at radius 1 is 1.00 bits per heavy atom. The number of nitrogens with one attached hydrogen (secondary N) is 1. The molecule has 0 aliphatic heterocycles. The largest absolute Gasteiger partial charge is 0.494 e. The van der Waals surface area contributed by atoms with E-state index >= 15 is 0 Å². The van der Waals surface area contributed by atoms with Gasteiger partial charge in [-0.25, -0.2) is 4.98 Å². The number of anilines is 1. The van der Waals surface area contributed by atoms with Crippen molar-refractivity contribution in [1.82, 2.24) is 9.55 Å². The molecule has 158 valence electrons. The normalized spacial score (nSPS) is 10.9. The Labute approximate surface area is 186 Å². The SMILES string of the molecule is CCOc1ccc(NC(=O)CSc2nc3ccccc3n2CCc2ccccc2)cc1. The number of hydrogen-bond donors (Lipinski definition) is 1. The molecule has 0 unspecified atom stereocenters. The third kappa shape index (κ3) is 5.47. The van der Waals surface area contributed by atoms with Crippen LogP contribution in [0.3, 0.4) is 0 Å². The fourth-order valence-corrected chi connectivity index (χ4v) is 4.23. The topological polar surface area (TPSA) is 56.1 Å². The van der Waals surface area contributed by atoms with Gasteiger partial charge in [-0.2, -0.15) is 0 Å². The summed E-state index contributed by atoms with van der Waals surface area (Å²) in [6.45, 7) is 3.38. The maximum Gasteiger partial charge on any atom is 0.234 e. The summed E-state index contributed by atoms with van der Waals surface area (Å²) in [5.41, 5.74) is 4.08. The standard InChI is InChI=1S/C25H25N3O2S/c1-2-30-21-14-12-20(13-15-21)26-24(29)18-31-25-27-22-10-6-7-11-23(22)28(25)17-16-19-8-4-3-5-9-19/h3-15H,2,16-18H2,1H3,(H,26,29). The van der Waals surface area contributed by atoms with E-state index < -0.39 is 0 Å². The van der Waals surface area contributed by atoms with Gasteiger partial charge in [-0.3, -0.25) is 4.79 Å². The minimum atomic E-state index is -0.0594. The van der Waals surface area contributed by atoms with Crippen molar-refractivity contribution in [1.29, 1.82) is 0 Å². The van der Waals surface area contributed by atoms with Crippen LogP contribution in [0.4, 0.5) is 5.69 Å². The maximum atomic E-state index is 12.5. The molecule has 0 saturated carbocycles. The Balaban J connectivity index is 1.43. The summed E-state index contributed by atoms with van der Waals surface area (Å²) in [6.07, 6.45) is 0.910. The lowest BCUT2D eigenvalue weighted by Gasteiger charge is -2.10. The number of imidazole rings is 1. The molecule has 4 rings (SSSR count). The molecule has 0 aliphatic carbocycles. The monoisotopic (exact) mass is 431 g/mol. The molecule has 0 saturated heterocycles. The van der Waals surface area contributed by atoms with Gasteiger partial charge in [0, 0.05) is 12.2 Å². The first-order valence-electron chi connectivity index (χ1n) is 10.4. The van der Waals surface area contributed by atoms with Gasteiger partial charge in [0.2, 0.25) is 5.91 Å². The molecule has 0 bridgehead atoms. The molecule has 1 aromatic heterocycles. The molecule has 3 aromatic carbocycles. The predicted molar refractivity (Wildman–Crippen MR) is 127 cm³/mol. The summed E-state index contributed by atoms with van der Waals surface area (Å²) in [4.78, 5) is 17.3. The Morgan fingerprint density at radius 2 is 1.74 bits per heavy atom. The van der Waals surface area contributed by atoms with E-state index in [2.05, 4.69) is 40.2 Å². The molecule has 1 heterocycles. The van der Waals surface area contributed by atoms with E-state index in [0.29, 0.717) is 12.4 Å². The van der Waals surface area contributed by atoms with Crippen molar-refractivity contribution < 1.29 is 9.53 Å². The molecule has 0 aliphatic rings. The number of para-hydroxylation sites is 2. The van der Waals surface area contributed by atoms with Crippen LogP contribution in [0, 0.1) is 0 Å². The lowest BCUT2D eigenvalue weighted by molar-refractivity contribution is -0.113. The van der Waals surface area contributed by atoms with Crippen LogP contribution in [-0.4, -0.2) is 27.8 Å². The van der Waals surface area contributed by atoms with Crippen molar-refractivity contribution in [3.05, 3.63) is 84.4 Å². The fourth-order valence-electron chi connectivity index (χ4n) is 3.39. The van der Waals surface area contributed by atoms with E-state index in [1.807, 2.05) is 55.5 Å². The van der Waals surface area contributed by atoms with Crippen molar-refractivity contribution in [3.63, 3.8) is 0 Å². The van der Waals surface area contributed by atoms with E-state index in [9.17, 15) is 4.79 Å². The number of ether oxygens (including phenoxy) is 1. The molecule has 4 aromatic rings. The van der Waals surface area contributed by atoms with E-state index in [-0.39, 0.29) is 5.91 Å². The number of benzene rings is 3. The quantitative estimate of drug-likeness (QED) is 0.360. The van der Waals surface area contributed by atoms with Crippen LogP contribution in [0.2, 0.25) is 0 Å². The molecule has 31 heavy (non-hydrogen) atoms. The summed E-state index contributed by atoms with van der Waals surface area (Å²) >= 11 is 1.46. The van der Waals surface area contributed by atoms with Crippen LogP contribution in [0.5, 0.6) is 5.75 Å². The van der Waals surface area contributed by atoms with Crippen molar-refractivity contribution in [2.45, 2.75) is 25.0 Å². The molecule has 5 nitrogen and oxygen atoms in total. The average molecular weight is 432 g/mol. The smallest absolute Gasteiger partial charge is 0.234 e. The maximum absolute atomic E-state index is 12.5. The van der Waals surface area contributed by atoms with Gasteiger partial charge >= 0.3 is 0 Å². The van der Waals surface area contributed by atoms with Crippen molar-refractivity contribution in [2.24, 2.45) is 0 Å². The number of thioether (sulfide) groups is 1. The highest BCUT2D eigenvalue weighted by molar-refractivity contribution is 7.99. The Morgan fingerprint density at radius 3 is 2.52 bits per heavy atom. The van der Waals surface area contributed by atoms with Gasteiger partial charge in [0.25, 0.3) is 0 Å². The first-order valence-corrected chi connectivity index (χ1v) is 11.4. The number of hydrogen-bond acceptors (Lipinski definition) is 4. The van der Waals surface area contributed by atoms with Crippen LogP contribution in [0.1, 0.15) is 12.5 Å². The average Bonchev–Trinajstić information content (AvgIpc) is 3.16. The van der Waals surface area contributed by atoms with Crippen LogP contribution < -0.4 is 10.1 Å². The highest BCUT2D eigenvalue weighted by Crippen LogP contribution is 2.25. The van der Waals surface area contributed by atoms with E-state index in [1.165, 1.54) is 17.3 Å². The Kier molecular flexibility index (Phi) is 6.89. The zero-order chi connectivity index (χ0) is 21.5. The molecular formula is C25H25N3O2S. The lowest BCUT2D eigenvalue weighted by atomic mass is 10.1. The van der Waals surface area contributed by atoms with Gasteiger partial charge in [0.05, 0.1) is 23.4 Å². The molecule has 0 spiro atoms. The first-order chi connectivity index (χ1) is 15.2. The number of nitrogens with zero attached hydrogens (tertiary/aromatic N) is 2. The van der Waals surface area contributed by atoms with Crippen LogP contribution in [0.15, 0.2) is 84.0 Å². The third-order valence-electron chi connectivity index (χ3n) is 4.87. The number of amides is 1. The summed E-state index contributed by atoms with van der Waals surface area (Å²) in [7, 11) is 0. The second kappa shape index (κ2) is 10.2. The molecule has 0 atom stereocenters. The number of aromatic nitrogens is 2. The summed E-state index contributed by atoms with van der Waals surface area (Å²) in [5, 5.41) is 3.80. The minimum absolute atomic E-state index is 0.0594. The van der Waals surface area contributed by atoms with Crippen LogP contribution >= 0.6 is 11.8 Å². The molecular weight excluding hydrogens is 406 g/mol. The van der Waals surface area contributed by atoms with Gasteiger partial charge < -0.3 is 14.6 Å². The molecule has 0 fully saturated rings. The number of aryl methyl sites for hydroxylation is 2. The van der Waals surface area contributed by atoms with E-state index in [0.717, 1.165) is 40.6 Å². The van der Waals surface area contributed by atoms with Crippen LogP contribution in [0.25, 0.3) is 11.0 Å². The van der Waals surface area contributed by atoms with E-state index in [1.54, 1.807) is 0 Å². The first kappa shape index (κ1) is 21.0. The highest BCUT2D eigenvalue weighted by Gasteiger charge is 2.13. The van der Waals surface area contributed by atoms with Gasteiger partial charge in [0.15, 0.2) is 5.16 Å². The Bertz CT molecular complexity index is 1140. The van der Waals surface area contributed by atoms with Crippen molar-refractivity contribution in [3.8, 4) is 5.75 Å². The van der Waals surface area contributed by atoms with Gasteiger partial charge in [0.1, 0.15) is 5.75 Å². The third-order valence-corrected chi connectivity index (χ3v) is 5.84. The molecule has 0 radical (unpaired) electrons. The fraction of sp³-hybridized carbons (Fsp3) is 0.200. The minimum Gasteiger partial charge on any atom is -0.494 e. The molecule has 1 N–H and O–H groups in total. The summed E-state index contributed by atoms with van der Waals surface area (Å²) < 4.78 is 7.65. The number of rotatable bonds is 9. The second-order valence-electron chi connectivity index (χ2n) is 7.06. The molecule has 6 heteroatoms. The van der Waals surface area contributed by atoms with E-state index in [4.69, 9.17) is 9.72 Å². The lowest BCUT2D eigenvalue weighted by Crippen LogP contribution is -2.14. The summed E-state index contributed by atoms with van der Waals surface area (Å²) in [6, 6.07) is 25.9.